The second-order valence-corrected chi connectivity index (χ2v) is 6.42. The topological polar surface area (TPSA) is 21.3 Å². The highest BCUT2D eigenvalue weighted by atomic mass is 79.9. The predicted octanol–water partition coefficient (Wildman–Crippen LogP) is 3.99. The molecule has 0 spiro atoms. The second-order valence-electron chi connectivity index (χ2n) is 5.56. The van der Waals surface area contributed by atoms with Gasteiger partial charge in [0.2, 0.25) is 0 Å². The Morgan fingerprint density at radius 3 is 2.61 bits per heavy atom. The van der Waals surface area contributed by atoms with Crippen molar-refractivity contribution < 1.29 is 9.13 Å². The van der Waals surface area contributed by atoms with Gasteiger partial charge >= 0.3 is 0 Å². The molecule has 0 saturated heterocycles. The molecule has 0 amide bonds. The summed E-state index contributed by atoms with van der Waals surface area (Å²) in [6.45, 7) is 9.88. The van der Waals surface area contributed by atoms with Crippen molar-refractivity contribution in [2.24, 2.45) is 5.41 Å². The monoisotopic (exact) mass is 317 g/mol. The summed E-state index contributed by atoms with van der Waals surface area (Å²) < 4.78 is 19.4. The third-order valence-corrected chi connectivity index (χ3v) is 3.15. The van der Waals surface area contributed by atoms with Gasteiger partial charge in [-0.15, -0.1) is 0 Å². The molecule has 0 atom stereocenters. The number of benzene rings is 1. The van der Waals surface area contributed by atoms with Crippen LogP contribution in [0.3, 0.4) is 0 Å². The maximum Gasteiger partial charge on any atom is 0.141 e. The van der Waals surface area contributed by atoms with E-state index in [2.05, 4.69) is 48.9 Å². The summed E-state index contributed by atoms with van der Waals surface area (Å²) in [5.74, 6) is 0.263. The van der Waals surface area contributed by atoms with Crippen LogP contribution in [-0.4, -0.2) is 19.2 Å². The van der Waals surface area contributed by atoms with Crippen LogP contribution >= 0.6 is 15.9 Å². The summed E-state index contributed by atoms with van der Waals surface area (Å²) in [5, 5.41) is 3.38. The molecule has 102 valence electrons. The van der Waals surface area contributed by atoms with Crippen molar-refractivity contribution in [1.29, 1.82) is 0 Å². The van der Waals surface area contributed by atoms with Crippen molar-refractivity contribution >= 4 is 15.9 Å². The fourth-order valence-corrected chi connectivity index (χ4v) is 1.62. The van der Waals surface area contributed by atoms with Crippen LogP contribution in [0.5, 0.6) is 5.75 Å². The first kappa shape index (κ1) is 15.4. The van der Waals surface area contributed by atoms with Gasteiger partial charge in [0.15, 0.2) is 0 Å². The van der Waals surface area contributed by atoms with Crippen molar-refractivity contribution in [2.75, 3.05) is 13.2 Å². The zero-order valence-electron chi connectivity index (χ0n) is 11.4. The summed E-state index contributed by atoms with van der Waals surface area (Å²) in [6.07, 6.45) is 0. The maximum atomic E-state index is 13.3. The molecule has 1 N–H and O–H groups in total. The van der Waals surface area contributed by atoms with E-state index in [1.807, 2.05) is 0 Å². The molecule has 0 heterocycles. The maximum absolute atomic E-state index is 13.3. The molecule has 0 aliphatic carbocycles. The van der Waals surface area contributed by atoms with E-state index in [0.717, 1.165) is 6.54 Å². The molecule has 0 saturated carbocycles. The van der Waals surface area contributed by atoms with Crippen LogP contribution in [0, 0.1) is 11.2 Å². The predicted molar refractivity (Wildman–Crippen MR) is 76.5 cm³/mol. The minimum absolute atomic E-state index is 0.00776. The first-order chi connectivity index (χ1) is 8.30. The van der Waals surface area contributed by atoms with Gasteiger partial charge in [-0.25, -0.2) is 4.39 Å². The Morgan fingerprint density at radius 1 is 1.39 bits per heavy atom. The molecule has 0 radical (unpaired) electrons. The van der Waals surface area contributed by atoms with Gasteiger partial charge in [-0.05, 0) is 28.1 Å². The molecule has 18 heavy (non-hydrogen) atoms. The Bertz CT molecular complexity index is 393. The van der Waals surface area contributed by atoms with E-state index < -0.39 is 0 Å². The Labute approximate surface area is 117 Å². The lowest BCUT2D eigenvalue weighted by Crippen LogP contribution is -2.37. The standard InChI is InChI=1S/C14H21BrFNO/c1-10(2)17-8-14(3,4)9-18-11-5-6-12(15)13(16)7-11/h5-7,10,17H,8-9H2,1-4H3. The summed E-state index contributed by atoms with van der Waals surface area (Å²) >= 11 is 3.12. The molecule has 2 nitrogen and oxygen atoms in total. The van der Waals surface area contributed by atoms with E-state index in [4.69, 9.17) is 4.74 Å². The average molecular weight is 318 g/mol. The number of rotatable bonds is 6. The Hall–Kier alpha value is -0.610. The molecule has 1 rings (SSSR count). The van der Waals surface area contributed by atoms with E-state index >= 15 is 0 Å². The van der Waals surface area contributed by atoms with Crippen molar-refractivity contribution in [3.8, 4) is 5.75 Å². The smallest absolute Gasteiger partial charge is 0.141 e. The molecule has 0 aliphatic heterocycles. The van der Waals surface area contributed by atoms with Crippen LogP contribution in [0.2, 0.25) is 0 Å². The van der Waals surface area contributed by atoms with E-state index in [9.17, 15) is 4.39 Å². The van der Waals surface area contributed by atoms with E-state index in [0.29, 0.717) is 22.9 Å². The van der Waals surface area contributed by atoms with Gasteiger partial charge in [0.05, 0.1) is 11.1 Å². The highest BCUT2D eigenvalue weighted by Gasteiger charge is 2.19. The van der Waals surface area contributed by atoms with Crippen LogP contribution in [0.4, 0.5) is 4.39 Å². The van der Waals surface area contributed by atoms with Gasteiger partial charge in [-0.1, -0.05) is 27.7 Å². The minimum atomic E-state index is -0.300. The third-order valence-electron chi connectivity index (χ3n) is 2.51. The van der Waals surface area contributed by atoms with Gasteiger partial charge in [0.25, 0.3) is 0 Å². The molecule has 0 unspecified atom stereocenters. The van der Waals surface area contributed by atoms with Gasteiger partial charge in [0.1, 0.15) is 11.6 Å². The molecular weight excluding hydrogens is 297 g/mol. The minimum Gasteiger partial charge on any atom is -0.493 e. The third kappa shape index (κ3) is 5.36. The molecule has 4 heteroatoms. The van der Waals surface area contributed by atoms with Crippen LogP contribution < -0.4 is 10.1 Å². The van der Waals surface area contributed by atoms with Crippen molar-refractivity contribution in [2.45, 2.75) is 33.7 Å². The average Bonchev–Trinajstić information content (AvgIpc) is 2.28. The quantitative estimate of drug-likeness (QED) is 0.856. The Kier molecular flexibility index (Phi) is 5.60. The summed E-state index contributed by atoms with van der Waals surface area (Å²) in [7, 11) is 0. The molecule has 0 bridgehead atoms. The number of hydrogen-bond acceptors (Lipinski definition) is 2. The number of halogens is 2. The van der Waals surface area contributed by atoms with Crippen LogP contribution in [0.25, 0.3) is 0 Å². The molecular formula is C14H21BrFNO. The Morgan fingerprint density at radius 2 is 2.06 bits per heavy atom. The number of nitrogens with one attached hydrogen (secondary N) is 1. The normalized spacial score (nSPS) is 11.9. The lowest BCUT2D eigenvalue weighted by molar-refractivity contribution is 0.173. The van der Waals surface area contributed by atoms with Crippen LogP contribution in [-0.2, 0) is 0 Å². The van der Waals surface area contributed by atoms with E-state index in [1.165, 1.54) is 6.07 Å². The lowest BCUT2D eigenvalue weighted by atomic mass is 9.94. The fourth-order valence-electron chi connectivity index (χ4n) is 1.38. The number of ether oxygens (including phenoxy) is 1. The summed E-state index contributed by atoms with van der Waals surface area (Å²) in [6, 6.07) is 5.27. The molecule has 0 aliphatic rings. The zero-order valence-corrected chi connectivity index (χ0v) is 13.0. The molecule has 0 fully saturated rings. The second kappa shape index (κ2) is 6.53. The zero-order chi connectivity index (χ0) is 13.8. The van der Waals surface area contributed by atoms with Crippen molar-refractivity contribution in [3.05, 3.63) is 28.5 Å². The highest BCUT2D eigenvalue weighted by Crippen LogP contribution is 2.23. The van der Waals surface area contributed by atoms with Gasteiger partial charge in [0, 0.05) is 24.1 Å². The van der Waals surface area contributed by atoms with Crippen molar-refractivity contribution in [3.63, 3.8) is 0 Å². The van der Waals surface area contributed by atoms with Crippen LogP contribution in [0.1, 0.15) is 27.7 Å². The Balaban J connectivity index is 2.50. The SMILES string of the molecule is CC(C)NCC(C)(C)COc1ccc(Br)c(F)c1. The largest absolute Gasteiger partial charge is 0.493 e. The molecule has 1 aromatic rings. The van der Waals surface area contributed by atoms with Crippen LogP contribution in [0.15, 0.2) is 22.7 Å². The number of hydrogen-bond donors (Lipinski definition) is 1. The van der Waals surface area contributed by atoms with Gasteiger partial charge in [-0.2, -0.15) is 0 Å². The van der Waals surface area contributed by atoms with E-state index in [-0.39, 0.29) is 11.2 Å². The van der Waals surface area contributed by atoms with Crippen molar-refractivity contribution in [1.82, 2.24) is 5.32 Å². The first-order valence-corrected chi connectivity index (χ1v) is 6.91. The van der Waals surface area contributed by atoms with E-state index in [1.54, 1.807) is 12.1 Å². The highest BCUT2D eigenvalue weighted by molar-refractivity contribution is 9.10. The molecule has 1 aromatic carbocycles. The van der Waals surface area contributed by atoms with Gasteiger partial charge < -0.3 is 10.1 Å². The first-order valence-electron chi connectivity index (χ1n) is 6.11. The lowest BCUT2D eigenvalue weighted by Gasteiger charge is -2.26. The molecule has 0 aromatic heterocycles. The summed E-state index contributed by atoms with van der Waals surface area (Å²) in [4.78, 5) is 0. The fraction of sp³-hybridized carbons (Fsp3) is 0.571. The summed E-state index contributed by atoms with van der Waals surface area (Å²) in [5.41, 5.74) is 0.00776. The van der Waals surface area contributed by atoms with Gasteiger partial charge in [-0.3, -0.25) is 0 Å².